The van der Waals surface area contributed by atoms with Crippen LogP contribution in [0.15, 0.2) is 16.8 Å². The second-order valence-electron chi connectivity index (χ2n) is 7.81. The first kappa shape index (κ1) is 14.7. The smallest absolute Gasteiger partial charge is 0.226 e. The zero-order valence-corrected chi connectivity index (χ0v) is 13.8. The third-order valence-electron chi connectivity index (χ3n) is 6.15. The average Bonchev–Trinajstić information content (AvgIpc) is 2.99. The standard InChI is InChI=1S/C18H25NO2S/c20-16(15-2-4-22-11-15)1-3-19-17(21)18-8-12-5-13(9-18)7-14(6-12)10-18/h2,4,11-14,16,20H,1,3,5-10H2,(H,19,21). The summed E-state index contributed by atoms with van der Waals surface area (Å²) >= 11 is 1.60. The third kappa shape index (κ3) is 2.61. The fourth-order valence-corrected chi connectivity index (χ4v) is 6.24. The Bertz CT molecular complexity index is 504. The minimum atomic E-state index is -0.456. The van der Waals surface area contributed by atoms with E-state index in [0.717, 1.165) is 42.6 Å². The molecule has 4 saturated carbocycles. The maximum atomic E-state index is 12.8. The molecule has 1 unspecified atom stereocenters. The van der Waals surface area contributed by atoms with Gasteiger partial charge >= 0.3 is 0 Å². The molecule has 0 aliphatic heterocycles. The lowest BCUT2D eigenvalue weighted by atomic mass is 9.49. The molecular weight excluding hydrogens is 294 g/mol. The van der Waals surface area contributed by atoms with Gasteiger partial charge in [0.1, 0.15) is 0 Å². The average molecular weight is 319 g/mol. The van der Waals surface area contributed by atoms with Gasteiger partial charge in [0.25, 0.3) is 0 Å². The second-order valence-corrected chi connectivity index (χ2v) is 8.59. The summed E-state index contributed by atoms with van der Waals surface area (Å²) < 4.78 is 0. The van der Waals surface area contributed by atoms with E-state index in [0.29, 0.717) is 13.0 Å². The van der Waals surface area contributed by atoms with Crippen LogP contribution in [0.1, 0.15) is 56.6 Å². The molecule has 0 saturated heterocycles. The largest absolute Gasteiger partial charge is 0.388 e. The molecule has 1 atom stereocenters. The minimum Gasteiger partial charge on any atom is -0.388 e. The van der Waals surface area contributed by atoms with E-state index in [1.165, 1.54) is 19.3 Å². The fourth-order valence-electron chi connectivity index (χ4n) is 5.53. The van der Waals surface area contributed by atoms with Gasteiger partial charge in [-0.3, -0.25) is 4.79 Å². The van der Waals surface area contributed by atoms with Crippen LogP contribution in [-0.4, -0.2) is 17.6 Å². The molecule has 3 nitrogen and oxygen atoms in total. The summed E-state index contributed by atoms with van der Waals surface area (Å²) in [5.74, 6) is 2.67. The van der Waals surface area contributed by atoms with Crippen molar-refractivity contribution in [2.24, 2.45) is 23.2 Å². The van der Waals surface area contributed by atoms with Crippen LogP contribution in [0.3, 0.4) is 0 Å². The Balaban J connectivity index is 1.33. The lowest BCUT2D eigenvalue weighted by Gasteiger charge is -2.55. The van der Waals surface area contributed by atoms with E-state index in [1.54, 1.807) is 11.3 Å². The molecule has 1 heterocycles. The summed E-state index contributed by atoms with van der Waals surface area (Å²) in [5, 5.41) is 17.2. The van der Waals surface area contributed by atoms with E-state index in [1.807, 2.05) is 16.8 Å². The number of aliphatic hydroxyl groups excluding tert-OH is 1. The van der Waals surface area contributed by atoms with Crippen LogP contribution >= 0.6 is 11.3 Å². The zero-order chi connectivity index (χ0) is 15.2. The number of aliphatic hydroxyl groups is 1. The van der Waals surface area contributed by atoms with E-state index >= 15 is 0 Å². The molecule has 5 rings (SSSR count). The summed E-state index contributed by atoms with van der Waals surface area (Å²) in [6.07, 6.45) is 7.57. The molecule has 2 N–H and O–H groups in total. The predicted octanol–water partition coefficient (Wildman–Crippen LogP) is 3.50. The molecule has 1 amide bonds. The quantitative estimate of drug-likeness (QED) is 0.872. The molecule has 4 bridgehead atoms. The Hall–Kier alpha value is -0.870. The molecule has 0 spiro atoms. The first-order valence-corrected chi connectivity index (χ1v) is 9.57. The van der Waals surface area contributed by atoms with Crippen molar-refractivity contribution in [1.29, 1.82) is 0 Å². The fraction of sp³-hybridized carbons (Fsp3) is 0.722. The van der Waals surface area contributed by atoms with Gasteiger partial charge in [-0.25, -0.2) is 0 Å². The number of amides is 1. The summed E-state index contributed by atoms with van der Waals surface area (Å²) in [6.45, 7) is 0.581. The SMILES string of the molecule is O=C(NCCC(O)c1ccsc1)C12CC3CC(CC(C3)C1)C2. The first-order valence-electron chi connectivity index (χ1n) is 8.63. The molecule has 1 aromatic rings. The molecule has 4 heteroatoms. The Morgan fingerprint density at radius 2 is 1.91 bits per heavy atom. The van der Waals surface area contributed by atoms with E-state index in [9.17, 15) is 9.90 Å². The van der Waals surface area contributed by atoms with E-state index < -0.39 is 6.10 Å². The normalized spacial score (nSPS) is 37.2. The first-order chi connectivity index (χ1) is 10.6. The summed E-state index contributed by atoms with van der Waals surface area (Å²) in [4.78, 5) is 12.8. The van der Waals surface area contributed by atoms with Crippen molar-refractivity contribution < 1.29 is 9.90 Å². The molecule has 22 heavy (non-hydrogen) atoms. The van der Waals surface area contributed by atoms with Crippen molar-refractivity contribution in [1.82, 2.24) is 5.32 Å². The van der Waals surface area contributed by atoms with E-state index in [4.69, 9.17) is 0 Å². The van der Waals surface area contributed by atoms with Crippen LogP contribution in [0.25, 0.3) is 0 Å². The Morgan fingerprint density at radius 3 is 2.45 bits per heavy atom. The summed E-state index contributed by atoms with van der Waals surface area (Å²) in [7, 11) is 0. The van der Waals surface area contributed by atoms with Crippen LogP contribution in [-0.2, 0) is 4.79 Å². The minimum absolute atomic E-state index is 0.0674. The Morgan fingerprint density at radius 1 is 1.27 bits per heavy atom. The van der Waals surface area contributed by atoms with Crippen LogP contribution < -0.4 is 5.32 Å². The highest BCUT2D eigenvalue weighted by atomic mass is 32.1. The number of thiophene rings is 1. The van der Waals surface area contributed by atoms with Crippen LogP contribution in [0.5, 0.6) is 0 Å². The molecule has 1 aromatic heterocycles. The van der Waals surface area contributed by atoms with Crippen molar-refractivity contribution in [3.05, 3.63) is 22.4 Å². The highest BCUT2D eigenvalue weighted by Gasteiger charge is 2.54. The van der Waals surface area contributed by atoms with Gasteiger partial charge in [0, 0.05) is 12.0 Å². The lowest BCUT2D eigenvalue weighted by molar-refractivity contribution is -0.146. The third-order valence-corrected chi connectivity index (χ3v) is 6.85. The molecule has 0 radical (unpaired) electrons. The summed E-state index contributed by atoms with van der Waals surface area (Å²) in [5.41, 5.74) is 0.899. The number of hydrogen-bond acceptors (Lipinski definition) is 3. The van der Waals surface area contributed by atoms with Crippen LogP contribution in [0.4, 0.5) is 0 Å². The van der Waals surface area contributed by atoms with Gasteiger partial charge in [-0.1, -0.05) is 0 Å². The monoisotopic (exact) mass is 319 g/mol. The Labute approximate surface area is 136 Å². The predicted molar refractivity (Wildman–Crippen MR) is 87.5 cm³/mol. The molecule has 4 aliphatic carbocycles. The number of carbonyl (C=O) groups is 1. The lowest BCUT2D eigenvalue weighted by Crippen LogP contribution is -2.53. The molecule has 4 aliphatic rings. The van der Waals surface area contributed by atoms with Gasteiger partial charge in [-0.05, 0) is 85.1 Å². The number of nitrogens with one attached hydrogen (secondary N) is 1. The highest BCUT2D eigenvalue weighted by Crippen LogP contribution is 2.60. The molecule has 4 fully saturated rings. The maximum Gasteiger partial charge on any atom is 0.226 e. The topological polar surface area (TPSA) is 49.3 Å². The highest BCUT2D eigenvalue weighted by molar-refractivity contribution is 7.07. The number of hydrogen-bond donors (Lipinski definition) is 2. The van der Waals surface area contributed by atoms with Crippen molar-refractivity contribution in [3.8, 4) is 0 Å². The summed E-state index contributed by atoms with van der Waals surface area (Å²) in [6, 6.07) is 1.95. The van der Waals surface area contributed by atoms with Gasteiger partial charge in [-0.15, -0.1) is 0 Å². The van der Waals surface area contributed by atoms with Crippen molar-refractivity contribution >= 4 is 17.2 Å². The number of carbonyl (C=O) groups excluding carboxylic acids is 1. The van der Waals surface area contributed by atoms with Crippen LogP contribution in [0, 0.1) is 23.2 Å². The van der Waals surface area contributed by atoms with Crippen LogP contribution in [0.2, 0.25) is 0 Å². The number of rotatable bonds is 5. The molecule has 120 valence electrons. The Kier molecular flexibility index (Phi) is 3.77. The van der Waals surface area contributed by atoms with Crippen molar-refractivity contribution in [2.45, 2.75) is 51.0 Å². The van der Waals surface area contributed by atoms with Gasteiger partial charge in [0.15, 0.2) is 0 Å². The second kappa shape index (κ2) is 5.64. The van der Waals surface area contributed by atoms with E-state index in [-0.39, 0.29) is 11.3 Å². The van der Waals surface area contributed by atoms with Gasteiger partial charge in [0.2, 0.25) is 5.91 Å². The molecule has 0 aromatic carbocycles. The van der Waals surface area contributed by atoms with Gasteiger partial charge in [0.05, 0.1) is 6.10 Å². The zero-order valence-electron chi connectivity index (χ0n) is 13.0. The van der Waals surface area contributed by atoms with Gasteiger partial charge in [-0.2, -0.15) is 11.3 Å². The van der Waals surface area contributed by atoms with Crippen molar-refractivity contribution in [2.75, 3.05) is 6.54 Å². The van der Waals surface area contributed by atoms with Crippen molar-refractivity contribution in [3.63, 3.8) is 0 Å². The molecular formula is C18H25NO2S. The maximum absolute atomic E-state index is 12.8. The van der Waals surface area contributed by atoms with E-state index in [2.05, 4.69) is 5.32 Å². The van der Waals surface area contributed by atoms with Gasteiger partial charge < -0.3 is 10.4 Å².